The van der Waals surface area contributed by atoms with Crippen LogP contribution in [0.3, 0.4) is 0 Å². The van der Waals surface area contributed by atoms with E-state index in [-0.39, 0.29) is 11.9 Å². The highest BCUT2D eigenvalue weighted by Gasteiger charge is 2.36. The Kier molecular flexibility index (Phi) is 4.94. The van der Waals surface area contributed by atoms with Crippen LogP contribution in [0.1, 0.15) is 47.9 Å². The minimum Gasteiger partial charge on any atom is -0.358 e. The van der Waals surface area contributed by atoms with Crippen molar-refractivity contribution < 1.29 is 4.79 Å². The molecule has 0 bridgehead atoms. The van der Waals surface area contributed by atoms with Gasteiger partial charge in [0.1, 0.15) is 17.2 Å². The van der Waals surface area contributed by atoms with Gasteiger partial charge in [-0.25, -0.2) is 4.98 Å². The van der Waals surface area contributed by atoms with Crippen LogP contribution in [-0.2, 0) is 7.05 Å². The molecular formula is C25H32N6O. The molecule has 1 aliphatic carbocycles. The third-order valence-corrected chi connectivity index (χ3v) is 7.39. The number of aryl methyl sites for hydroxylation is 1. The maximum atomic E-state index is 13.3. The van der Waals surface area contributed by atoms with Crippen molar-refractivity contribution in [3.63, 3.8) is 0 Å². The fraction of sp³-hybridized carbons (Fsp3) is 0.520. The van der Waals surface area contributed by atoms with Crippen molar-refractivity contribution in [1.29, 1.82) is 0 Å². The second kappa shape index (κ2) is 7.96. The molecule has 3 aliphatic rings. The third-order valence-electron chi connectivity index (χ3n) is 7.39. The Bertz CT molecular complexity index is 1120. The summed E-state index contributed by atoms with van der Waals surface area (Å²) in [5, 5.41) is 0. The number of piperazine rings is 1. The van der Waals surface area contributed by atoms with Gasteiger partial charge < -0.3 is 14.4 Å². The number of nitrogens with zero attached hydrogens (tertiary/aromatic N) is 6. The van der Waals surface area contributed by atoms with E-state index < -0.39 is 0 Å². The second-order valence-corrected chi connectivity index (χ2v) is 9.68. The van der Waals surface area contributed by atoms with Gasteiger partial charge in [-0.1, -0.05) is 6.07 Å². The second-order valence-electron chi connectivity index (χ2n) is 9.68. The Hall–Kier alpha value is -2.80. The summed E-state index contributed by atoms with van der Waals surface area (Å²) < 4.78 is 4.18. The van der Waals surface area contributed by atoms with Crippen LogP contribution in [0.25, 0.3) is 5.65 Å². The van der Waals surface area contributed by atoms with E-state index in [1.54, 1.807) is 0 Å². The molecule has 7 heteroatoms. The zero-order valence-corrected chi connectivity index (χ0v) is 18.9. The molecule has 168 valence electrons. The predicted octanol–water partition coefficient (Wildman–Crippen LogP) is 3.18. The molecule has 3 aromatic heterocycles. The first-order chi connectivity index (χ1) is 15.7. The molecule has 1 amide bonds. The quantitative estimate of drug-likeness (QED) is 0.621. The topological polar surface area (TPSA) is 49.0 Å². The lowest BCUT2D eigenvalue weighted by Gasteiger charge is -2.41. The van der Waals surface area contributed by atoms with Crippen molar-refractivity contribution in [3.8, 4) is 0 Å². The van der Waals surface area contributed by atoms with E-state index >= 15 is 0 Å². The normalized spacial score (nSPS) is 22.2. The molecule has 7 nitrogen and oxygen atoms in total. The fourth-order valence-electron chi connectivity index (χ4n) is 5.36. The molecule has 0 spiro atoms. The molecule has 3 aromatic rings. The Labute approximate surface area is 189 Å². The van der Waals surface area contributed by atoms with E-state index in [9.17, 15) is 4.79 Å². The van der Waals surface area contributed by atoms with Gasteiger partial charge in [0.15, 0.2) is 0 Å². The molecular weight excluding hydrogens is 400 g/mol. The number of imidazole rings is 1. The van der Waals surface area contributed by atoms with Crippen LogP contribution >= 0.6 is 0 Å². The number of rotatable bonds is 5. The molecule has 32 heavy (non-hydrogen) atoms. The van der Waals surface area contributed by atoms with Gasteiger partial charge in [0.25, 0.3) is 5.91 Å². The summed E-state index contributed by atoms with van der Waals surface area (Å²) in [6.07, 6.45) is 9.34. The molecule has 5 heterocycles. The van der Waals surface area contributed by atoms with E-state index in [1.165, 1.54) is 31.5 Å². The van der Waals surface area contributed by atoms with Crippen molar-refractivity contribution >= 4 is 17.4 Å². The third kappa shape index (κ3) is 3.58. The first-order valence-corrected chi connectivity index (χ1v) is 12.0. The molecule has 2 saturated heterocycles. The first-order valence-electron chi connectivity index (χ1n) is 12.0. The molecule has 6 rings (SSSR count). The number of pyridine rings is 1. The molecule has 1 saturated carbocycles. The van der Waals surface area contributed by atoms with Gasteiger partial charge in [0, 0.05) is 58.7 Å². The van der Waals surface area contributed by atoms with E-state index in [0.717, 1.165) is 55.7 Å². The average molecular weight is 433 g/mol. The smallest absolute Gasteiger partial charge is 0.270 e. The molecule has 1 atom stereocenters. The molecule has 3 fully saturated rings. The van der Waals surface area contributed by atoms with Gasteiger partial charge in [-0.15, -0.1) is 0 Å². The lowest BCUT2D eigenvalue weighted by Crippen LogP contribution is -2.51. The van der Waals surface area contributed by atoms with E-state index in [4.69, 9.17) is 4.98 Å². The van der Waals surface area contributed by atoms with Crippen LogP contribution in [0.4, 0.5) is 5.82 Å². The van der Waals surface area contributed by atoms with Gasteiger partial charge in [-0.3, -0.25) is 14.1 Å². The average Bonchev–Trinajstić information content (AvgIpc) is 3.21. The maximum absolute atomic E-state index is 13.3. The van der Waals surface area contributed by atoms with Crippen LogP contribution in [0.5, 0.6) is 0 Å². The van der Waals surface area contributed by atoms with Crippen LogP contribution in [0, 0.1) is 5.92 Å². The summed E-state index contributed by atoms with van der Waals surface area (Å²) >= 11 is 0. The maximum Gasteiger partial charge on any atom is 0.270 e. The minimum absolute atomic E-state index is 0.120. The Morgan fingerprint density at radius 1 is 1.06 bits per heavy atom. The lowest BCUT2D eigenvalue weighted by molar-refractivity contribution is 0.0451. The zero-order valence-electron chi connectivity index (χ0n) is 18.9. The Balaban J connectivity index is 1.32. The van der Waals surface area contributed by atoms with Crippen LogP contribution in [0.2, 0.25) is 0 Å². The van der Waals surface area contributed by atoms with Crippen molar-refractivity contribution in [2.45, 2.75) is 31.7 Å². The molecule has 0 aromatic carbocycles. The summed E-state index contributed by atoms with van der Waals surface area (Å²) in [5.41, 5.74) is 2.84. The minimum atomic E-state index is 0.120. The summed E-state index contributed by atoms with van der Waals surface area (Å²) in [6.45, 7) is 5.72. The highest BCUT2D eigenvalue weighted by Crippen LogP contribution is 2.35. The molecule has 0 radical (unpaired) electrons. The van der Waals surface area contributed by atoms with Crippen LogP contribution < -0.4 is 4.90 Å². The van der Waals surface area contributed by atoms with Crippen molar-refractivity contribution in [1.82, 2.24) is 23.8 Å². The fourth-order valence-corrected chi connectivity index (χ4v) is 5.36. The number of fused-ring (bicyclic) bond motifs is 1. The number of amides is 1. The van der Waals surface area contributed by atoms with Crippen molar-refractivity contribution in [2.24, 2.45) is 13.0 Å². The standard InChI is InChI=1S/C25H32N6O/c1-27-11-5-6-21(27)25(32)30-15-14-29(16-19-9-10-19)22(18-30)20-17-31-23(26-20)7-4-8-24(31)28-12-2-3-13-28/h4-8,11,17,19,22H,2-3,9-10,12-16,18H2,1H3. The van der Waals surface area contributed by atoms with Gasteiger partial charge >= 0.3 is 0 Å². The van der Waals surface area contributed by atoms with Gasteiger partial charge in [-0.05, 0) is 55.9 Å². The SMILES string of the molecule is Cn1cccc1C(=O)N1CCN(CC2CC2)C(c2cn3c(N4CCCC4)cccc3n2)C1. The Morgan fingerprint density at radius 3 is 2.66 bits per heavy atom. The summed E-state index contributed by atoms with van der Waals surface area (Å²) in [7, 11) is 1.94. The Morgan fingerprint density at radius 2 is 1.91 bits per heavy atom. The van der Waals surface area contributed by atoms with E-state index in [0.29, 0.717) is 6.54 Å². The molecule has 2 aliphatic heterocycles. The lowest BCUT2D eigenvalue weighted by atomic mass is 10.1. The number of carbonyl (C=O) groups is 1. The van der Waals surface area contributed by atoms with E-state index in [1.807, 2.05) is 34.8 Å². The van der Waals surface area contributed by atoms with Crippen LogP contribution in [-0.4, -0.2) is 68.9 Å². The van der Waals surface area contributed by atoms with Gasteiger partial charge in [0.2, 0.25) is 0 Å². The van der Waals surface area contributed by atoms with Gasteiger partial charge in [0.05, 0.1) is 11.7 Å². The molecule has 0 N–H and O–H groups in total. The molecule has 1 unspecified atom stereocenters. The first kappa shape index (κ1) is 19.9. The number of aromatic nitrogens is 3. The number of hydrogen-bond donors (Lipinski definition) is 0. The highest BCUT2D eigenvalue weighted by atomic mass is 16.2. The largest absolute Gasteiger partial charge is 0.358 e. The number of anilines is 1. The monoisotopic (exact) mass is 432 g/mol. The predicted molar refractivity (Wildman–Crippen MR) is 125 cm³/mol. The summed E-state index contributed by atoms with van der Waals surface area (Å²) in [5.74, 6) is 2.17. The number of hydrogen-bond acceptors (Lipinski definition) is 4. The van der Waals surface area contributed by atoms with Gasteiger partial charge in [-0.2, -0.15) is 0 Å². The van der Waals surface area contributed by atoms with Crippen molar-refractivity contribution in [3.05, 3.63) is 54.1 Å². The highest BCUT2D eigenvalue weighted by molar-refractivity contribution is 5.92. The van der Waals surface area contributed by atoms with Crippen molar-refractivity contribution in [2.75, 3.05) is 44.2 Å². The summed E-state index contributed by atoms with van der Waals surface area (Å²) in [4.78, 5) is 25.4. The zero-order chi connectivity index (χ0) is 21.7. The van der Waals surface area contributed by atoms with Crippen LogP contribution in [0.15, 0.2) is 42.7 Å². The van der Waals surface area contributed by atoms with E-state index in [2.05, 4.69) is 38.6 Å². The summed E-state index contributed by atoms with van der Waals surface area (Å²) in [6, 6.07) is 10.4. The number of carbonyl (C=O) groups excluding carboxylic acids is 1.